The second-order valence-electron chi connectivity index (χ2n) is 4.09. The van der Waals surface area contributed by atoms with Gasteiger partial charge in [0.1, 0.15) is 0 Å². The maximum absolute atomic E-state index is 8.92. The topological polar surface area (TPSA) is 65.4 Å². The Labute approximate surface area is 110 Å². The largest absolute Gasteiger partial charge is 0.278 e. The fourth-order valence-electron chi connectivity index (χ4n) is 1.92. The van der Waals surface area contributed by atoms with E-state index in [0.29, 0.717) is 5.56 Å². The molecule has 4 nitrogen and oxygen atoms in total. The summed E-state index contributed by atoms with van der Waals surface area (Å²) >= 11 is 0. The van der Waals surface area contributed by atoms with Gasteiger partial charge >= 0.3 is 0 Å². The van der Waals surface area contributed by atoms with E-state index in [2.05, 4.69) is 21.3 Å². The van der Waals surface area contributed by atoms with Gasteiger partial charge in [0.15, 0.2) is 0 Å². The summed E-state index contributed by atoms with van der Waals surface area (Å²) in [6.45, 7) is 0. The number of nitrogens with zero attached hydrogens (tertiary/aromatic N) is 3. The van der Waals surface area contributed by atoms with Gasteiger partial charge in [0, 0.05) is 23.5 Å². The molecular formula is C15H10N4. The van der Waals surface area contributed by atoms with Crippen molar-refractivity contribution < 1.29 is 0 Å². The molecule has 0 unspecified atom stereocenters. The monoisotopic (exact) mass is 246 g/mol. The molecule has 0 saturated carbocycles. The van der Waals surface area contributed by atoms with Crippen LogP contribution < -0.4 is 0 Å². The van der Waals surface area contributed by atoms with Gasteiger partial charge in [0.2, 0.25) is 0 Å². The first-order valence-corrected chi connectivity index (χ1v) is 5.83. The van der Waals surface area contributed by atoms with E-state index >= 15 is 0 Å². The van der Waals surface area contributed by atoms with Crippen molar-refractivity contribution in [3.8, 4) is 28.6 Å². The first-order valence-electron chi connectivity index (χ1n) is 5.83. The minimum Gasteiger partial charge on any atom is -0.278 e. The highest BCUT2D eigenvalue weighted by Gasteiger charge is 2.04. The summed E-state index contributed by atoms with van der Waals surface area (Å²) in [6, 6.07) is 15.5. The Morgan fingerprint density at radius 2 is 1.89 bits per heavy atom. The Morgan fingerprint density at radius 3 is 2.68 bits per heavy atom. The first kappa shape index (κ1) is 11.2. The zero-order valence-corrected chi connectivity index (χ0v) is 10.0. The summed E-state index contributed by atoms with van der Waals surface area (Å²) in [6.07, 6.45) is 3.37. The Bertz CT molecular complexity index is 739. The molecule has 1 N–H and O–H groups in total. The fourth-order valence-corrected chi connectivity index (χ4v) is 1.92. The molecule has 0 aliphatic rings. The number of rotatable bonds is 2. The molecule has 2 aromatic heterocycles. The lowest BCUT2D eigenvalue weighted by Gasteiger charge is -2.03. The van der Waals surface area contributed by atoms with E-state index < -0.39 is 0 Å². The molecule has 3 rings (SSSR count). The Kier molecular flexibility index (Phi) is 2.79. The van der Waals surface area contributed by atoms with Crippen LogP contribution in [-0.4, -0.2) is 15.2 Å². The van der Waals surface area contributed by atoms with Crippen LogP contribution in [0.5, 0.6) is 0 Å². The molecule has 0 saturated heterocycles. The van der Waals surface area contributed by atoms with Crippen molar-refractivity contribution in [2.24, 2.45) is 0 Å². The summed E-state index contributed by atoms with van der Waals surface area (Å²) in [5.41, 5.74) is 4.37. The molecule has 3 aromatic rings. The summed E-state index contributed by atoms with van der Waals surface area (Å²) in [4.78, 5) is 4.30. The lowest BCUT2D eigenvalue weighted by Crippen LogP contribution is -1.86. The van der Waals surface area contributed by atoms with Crippen LogP contribution in [0.4, 0.5) is 0 Å². The zero-order chi connectivity index (χ0) is 13.1. The van der Waals surface area contributed by atoms with Gasteiger partial charge < -0.3 is 0 Å². The lowest BCUT2D eigenvalue weighted by molar-refractivity contribution is 1.10. The maximum atomic E-state index is 8.92. The van der Waals surface area contributed by atoms with Gasteiger partial charge in [-0.2, -0.15) is 10.4 Å². The van der Waals surface area contributed by atoms with Gasteiger partial charge in [-0.1, -0.05) is 18.2 Å². The van der Waals surface area contributed by atoms with Crippen LogP contribution in [0, 0.1) is 11.3 Å². The second kappa shape index (κ2) is 4.75. The summed E-state index contributed by atoms with van der Waals surface area (Å²) < 4.78 is 0. The SMILES string of the molecule is N#Cc1ccnc(-c2cccc(-c3ccn[nH]3)c2)c1. The number of hydrogen-bond donors (Lipinski definition) is 1. The average molecular weight is 246 g/mol. The van der Waals surface area contributed by atoms with Crippen molar-refractivity contribution in [3.63, 3.8) is 0 Å². The summed E-state index contributed by atoms with van der Waals surface area (Å²) in [7, 11) is 0. The molecule has 0 spiro atoms. The number of nitrogens with one attached hydrogen (secondary N) is 1. The maximum Gasteiger partial charge on any atom is 0.0992 e. The van der Waals surface area contributed by atoms with Gasteiger partial charge in [0.05, 0.1) is 23.0 Å². The zero-order valence-electron chi connectivity index (χ0n) is 10.0. The molecule has 2 heterocycles. The number of benzene rings is 1. The van der Waals surface area contributed by atoms with E-state index in [4.69, 9.17) is 5.26 Å². The van der Waals surface area contributed by atoms with Crippen LogP contribution in [0.15, 0.2) is 54.9 Å². The minimum absolute atomic E-state index is 0.608. The quantitative estimate of drug-likeness (QED) is 0.755. The smallest absolute Gasteiger partial charge is 0.0992 e. The molecule has 0 amide bonds. The van der Waals surface area contributed by atoms with Crippen molar-refractivity contribution in [1.29, 1.82) is 5.26 Å². The van der Waals surface area contributed by atoms with Crippen molar-refractivity contribution in [2.75, 3.05) is 0 Å². The molecule has 0 radical (unpaired) electrons. The van der Waals surface area contributed by atoms with E-state index in [1.165, 1.54) is 0 Å². The van der Waals surface area contributed by atoms with Gasteiger partial charge in [-0.05, 0) is 24.3 Å². The van der Waals surface area contributed by atoms with Crippen molar-refractivity contribution in [1.82, 2.24) is 15.2 Å². The van der Waals surface area contributed by atoms with Crippen LogP contribution in [-0.2, 0) is 0 Å². The fraction of sp³-hybridized carbons (Fsp3) is 0. The van der Waals surface area contributed by atoms with Crippen LogP contribution in [0.25, 0.3) is 22.5 Å². The molecule has 0 aliphatic heterocycles. The number of aromatic amines is 1. The van der Waals surface area contributed by atoms with E-state index in [-0.39, 0.29) is 0 Å². The molecule has 0 atom stereocenters. The van der Waals surface area contributed by atoms with Gasteiger partial charge in [-0.3, -0.25) is 10.1 Å². The van der Waals surface area contributed by atoms with Crippen molar-refractivity contribution >= 4 is 0 Å². The molecule has 0 bridgehead atoms. The molecule has 0 fully saturated rings. The normalized spacial score (nSPS) is 10.1. The summed E-state index contributed by atoms with van der Waals surface area (Å²) in [5.74, 6) is 0. The van der Waals surface area contributed by atoms with E-state index in [1.54, 1.807) is 24.5 Å². The third-order valence-corrected chi connectivity index (χ3v) is 2.86. The Morgan fingerprint density at radius 1 is 1.00 bits per heavy atom. The third kappa shape index (κ3) is 2.22. The van der Waals surface area contributed by atoms with Gasteiger partial charge in [-0.15, -0.1) is 0 Å². The van der Waals surface area contributed by atoms with Crippen LogP contribution >= 0.6 is 0 Å². The second-order valence-corrected chi connectivity index (χ2v) is 4.09. The standard InChI is InChI=1S/C15H10N4/c16-10-11-4-6-17-15(8-11)13-3-1-2-12(9-13)14-5-7-18-19-14/h1-9H,(H,18,19). The van der Waals surface area contributed by atoms with Crippen molar-refractivity contribution in [2.45, 2.75) is 0 Å². The van der Waals surface area contributed by atoms with E-state index in [0.717, 1.165) is 22.5 Å². The number of aromatic nitrogens is 3. The molecular weight excluding hydrogens is 236 g/mol. The summed E-state index contributed by atoms with van der Waals surface area (Å²) in [5, 5.41) is 15.8. The van der Waals surface area contributed by atoms with Crippen LogP contribution in [0.3, 0.4) is 0 Å². The molecule has 4 heteroatoms. The molecule has 1 aromatic carbocycles. The number of nitriles is 1. The lowest BCUT2D eigenvalue weighted by atomic mass is 10.0. The number of hydrogen-bond acceptors (Lipinski definition) is 3. The predicted octanol–water partition coefficient (Wildman–Crippen LogP) is 3.01. The molecule has 90 valence electrons. The van der Waals surface area contributed by atoms with Gasteiger partial charge in [0.25, 0.3) is 0 Å². The number of H-pyrrole nitrogens is 1. The van der Waals surface area contributed by atoms with E-state index in [1.807, 2.05) is 30.3 Å². The van der Waals surface area contributed by atoms with Crippen LogP contribution in [0.2, 0.25) is 0 Å². The van der Waals surface area contributed by atoms with E-state index in [9.17, 15) is 0 Å². The number of pyridine rings is 1. The Hall–Kier alpha value is -2.93. The highest BCUT2D eigenvalue weighted by Crippen LogP contribution is 2.24. The third-order valence-electron chi connectivity index (χ3n) is 2.86. The first-order chi connectivity index (χ1) is 9.36. The highest BCUT2D eigenvalue weighted by molar-refractivity contribution is 5.69. The molecule has 19 heavy (non-hydrogen) atoms. The highest BCUT2D eigenvalue weighted by atomic mass is 15.1. The average Bonchev–Trinajstić information content (AvgIpc) is 3.02. The minimum atomic E-state index is 0.608. The molecule has 0 aliphatic carbocycles. The van der Waals surface area contributed by atoms with Crippen molar-refractivity contribution in [3.05, 3.63) is 60.4 Å². The van der Waals surface area contributed by atoms with Crippen LogP contribution in [0.1, 0.15) is 5.56 Å². The predicted molar refractivity (Wildman–Crippen MR) is 72.0 cm³/mol. The van der Waals surface area contributed by atoms with Gasteiger partial charge in [-0.25, -0.2) is 0 Å². The Balaban J connectivity index is 2.06.